The zero-order valence-corrected chi connectivity index (χ0v) is 47.1. The Morgan fingerprint density at radius 3 is 2.15 bits per heavy atom. The second-order valence-corrected chi connectivity index (χ2v) is 19.6. The maximum atomic E-state index is 13.0. The number of pyridine rings is 2. The fourth-order valence-corrected chi connectivity index (χ4v) is 8.67. The minimum Gasteiger partial charge on any atom is -0.494 e. The molecule has 5 amide bonds. The highest BCUT2D eigenvalue weighted by molar-refractivity contribution is 7.99. The summed E-state index contributed by atoms with van der Waals surface area (Å²) in [6.45, 7) is 13.6. The van der Waals surface area contributed by atoms with E-state index in [2.05, 4.69) is 62.9 Å². The number of morpholine rings is 2. The van der Waals surface area contributed by atoms with E-state index in [1.807, 2.05) is 31.5 Å². The van der Waals surface area contributed by atoms with E-state index in [4.69, 9.17) is 28.5 Å². The molecule has 0 bridgehead atoms. The largest absolute Gasteiger partial charge is 0.494 e. The van der Waals surface area contributed by atoms with Crippen LogP contribution >= 0.6 is 11.8 Å². The molecule has 6 rings (SSSR count). The van der Waals surface area contributed by atoms with E-state index in [1.54, 1.807) is 88.7 Å². The van der Waals surface area contributed by atoms with Crippen LogP contribution in [0.1, 0.15) is 48.8 Å². The summed E-state index contributed by atoms with van der Waals surface area (Å²) in [5, 5.41) is 32.8. The number of carbonyl (C=O) groups excluding carboxylic acids is 5. The van der Waals surface area contributed by atoms with Crippen LogP contribution in [0.25, 0.3) is 5.70 Å². The Morgan fingerprint density at radius 1 is 0.765 bits per heavy atom. The second-order valence-electron chi connectivity index (χ2n) is 18.4. The molecular weight excluding hydrogens is 1070 g/mol. The molecule has 9 N–H and O–H groups in total. The van der Waals surface area contributed by atoms with Crippen molar-refractivity contribution < 1.29 is 66.7 Å². The molecule has 0 radical (unpaired) electrons. The second kappa shape index (κ2) is 34.6. The summed E-state index contributed by atoms with van der Waals surface area (Å²) in [7, 11) is 2.92. The highest BCUT2D eigenvalue weighted by Crippen LogP contribution is 2.31. The molecule has 0 saturated carbocycles. The lowest BCUT2D eigenvalue weighted by Gasteiger charge is -2.26. The molecule has 2 aliphatic rings. The molecule has 4 aromatic rings. The van der Waals surface area contributed by atoms with Gasteiger partial charge in [0, 0.05) is 119 Å². The van der Waals surface area contributed by atoms with Crippen LogP contribution in [-0.2, 0) is 44.8 Å². The van der Waals surface area contributed by atoms with Gasteiger partial charge in [0.05, 0.1) is 52.9 Å². The van der Waals surface area contributed by atoms with E-state index in [9.17, 15) is 29.1 Å². The molecule has 0 spiro atoms. The lowest BCUT2D eigenvalue weighted by molar-refractivity contribution is -0.758. The summed E-state index contributed by atoms with van der Waals surface area (Å²) in [6.07, 6.45) is 8.16. The van der Waals surface area contributed by atoms with Gasteiger partial charge in [0.1, 0.15) is 29.5 Å². The maximum absolute atomic E-state index is 13.0. The number of allylic oxidation sites excluding steroid dienone is 1. The van der Waals surface area contributed by atoms with Crippen LogP contribution in [0.3, 0.4) is 0 Å². The Morgan fingerprint density at radius 2 is 1.43 bits per heavy atom. The molecule has 26 nitrogen and oxygen atoms in total. The van der Waals surface area contributed by atoms with Crippen molar-refractivity contribution in [2.45, 2.75) is 39.5 Å². The molecular formula is C54H76N14O12S+2. The Bertz CT molecular complexity index is 2750. The molecule has 27 heteroatoms. The third kappa shape index (κ3) is 21.8. The number of hydrazine groups is 1. The van der Waals surface area contributed by atoms with Gasteiger partial charge in [0.2, 0.25) is 5.70 Å². The Labute approximate surface area is 475 Å². The molecule has 4 heterocycles. The minimum absolute atomic E-state index is 0.128. The van der Waals surface area contributed by atoms with Gasteiger partial charge in [-0.15, -0.1) is 10.2 Å². The minimum atomic E-state index is -1.03. The number of aromatic nitrogens is 2. The number of nitrogens with one attached hydrogen (secondary N) is 8. The topological polar surface area (TPSA) is 296 Å². The SMILES string of the molecule is COc1cc(NC(O)=C(C)[n+]2cccc(CONCCSCCNC(=O)c3ccc[n+](C(C)OCNc4ccc(NNC(=O)C(=O)NCCCN5CCOCC5)c(OC)c4)c3)c2)ccc1N=NC(=O)C(=O)NCCCN1CCOCC1. The molecule has 438 valence electrons. The first-order chi connectivity index (χ1) is 39.4. The van der Waals surface area contributed by atoms with Crippen LogP contribution in [0.4, 0.5) is 22.7 Å². The average molecular weight is 1150 g/mol. The number of hydrogen-bond donors (Lipinski definition) is 9. The lowest BCUT2D eigenvalue weighted by atomic mass is 10.2. The van der Waals surface area contributed by atoms with Gasteiger partial charge in [-0.05, 0) is 62.3 Å². The highest BCUT2D eigenvalue weighted by Gasteiger charge is 2.20. The number of aliphatic hydroxyl groups excluding tert-OH is 1. The smallest absolute Gasteiger partial charge is 0.353 e. The third-order valence-corrected chi connectivity index (χ3v) is 13.6. The van der Waals surface area contributed by atoms with Crippen LogP contribution < -0.4 is 61.5 Å². The van der Waals surface area contributed by atoms with Gasteiger partial charge >= 0.3 is 23.6 Å². The van der Waals surface area contributed by atoms with Crippen molar-refractivity contribution in [1.29, 1.82) is 0 Å². The quantitative estimate of drug-likeness (QED) is 0.00666. The van der Waals surface area contributed by atoms with Crippen LogP contribution in [0, 0.1) is 0 Å². The molecule has 81 heavy (non-hydrogen) atoms. The number of aliphatic hydroxyl groups is 1. The van der Waals surface area contributed by atoms with Crippen LogP contribution in [0.5, 0.6) is 11.5 Å². The number of nitrogens with zero attached hydrogens (tertiary/aromatic N) is 6. The molecule has 2 fully saturated rings. The standard InChI is InChI=1S/C54H74N14O12S/c1-39(49(69)60-44-12-14-46(48(34-44)76-4)62-64-54(74)52(72)56-16-8-20-66-25-29-78-30-26-66)67-21-5-9-41(35-67)37-80-59-18-32-81-31-17-57-50(70)42-10-6-22-68(36-42)40(2)79-38-58-43-11-13-45(47(33-43)75-3)61-63-53(73)51(71)55-15-7-19-65-23-27-77-28-24-65/h5-6,9-14,21-22,33-36,40,59H,7-8,15-20,23-32,37-38H2,1-4H3,(H6-2,55,56,57,58,60,61,62,63,64,69,70,71,72,73,74)/p+2. The Hall–Kier alpha value is -7.50. The van der Waals surface area contributed by atoms with E-state index < -0.39 is 29.9 Å². The first-order valence-corrected chi connectivity index (χ1v) is 27.8. The monoisotopic (exact) mass is 1140 g/mol. The van der Waals surface area contributed by atoms with Gasteiger partial charge in [-0.25, -0.2) is 5.48 Å². The van der Waals surface area contributed by atoms with E-state index in [-0.39, 0.29) is 36.6 Å². The summed E-state index contributed by atoms with van der Waals surface area (Å²) in [6, 6.07) is 17.2. The Balaban J connectivity index is 0.821. The zero-order chi connectivity index (χ0) is 57.6. The van der Waals surface area contributed by atoms with Crippen LogP contribution in [0.15, 0.2) is 102 Å². The number of rotatable bonds is 31. The first-order valence-electron chi connectivity index (χ1n) is 26.7. The van der Waals surface area contributed by atoms with Crippen LogP contribution in [0.2, 0.25) is 0 Å². The predicted molar refractivity (Wildman–Crippen MR) is 302 cm³/mol. The predicted octanol–water partition coefficient (Wildman–Crippen LogP) is 2.61. The molecule has 2 aliphatic heterocycles. The number of azo groups is 1. The van der Waals surface area contributed by atoms with Crippen molar-refractivity contribution in [1.82, 2.24) is 36.7 Å². The van der Waals surface area contributed by atoms with Gasteiger partial charge in [-0.3, -0.25) is 49.5 Å². The van der Waals surface area contributed by atoms with Gasteiger partial charge < -0.3 is 55.4 Å². The summed E-state index contributed by atoms with van der Waals surface area (Å²) in [4.78, 5) is 72.5. The van der Waals surface area contributed by atoms with Gasteiger partial charge in [-0.2, -0.15) is 20.9 Å². The fourth-order valence-electron chi connectivity index (χ4n) is 8.00. The van der Waals surface area contributed by atoms with E-state index in [0.29, 0.717) is 98.9 Å². The van der Waals surface area contributed by atoms with Crippen molar-refractivity contribution in [2.24, 2.45) is 10.2 Å². The lowest BCUT2D eigenvalue weighted by Crippen LogP contribution is -2.43. The normalized spacial score (nSPS) is 14.5. The van der Waals surface area contributed by atoms with E-state index >= 15 is 0 Å². The number of anilines is 3. The number of hydrogen-bond acceptors (Lipinski definition) is 20. The van der Waals surface area contributed by atoms with E-state index in [0.717, 1.165) is 57.0 Å². The van der Waals surface area contributed by atoms with Gasteiger partial charge in [0.25, 0.3) is 18.0 Å². The van der Waals surface area contributed by atoms with Gasteiger partial charge in [0.15, 0.2) is 24.8 Å². The van der Waals surface area contributed by atoms with Crippen molar-refractivity contribution in [3.05, 3.63) is 102 Å². The first kappa shape index (κ1) is 62.7. The maximum Gasteiger partial charge on any atom is 0.353 e. The molecule has 2 aromatic heterocycles. The Kier molecular flexibility index (Phi) is 26.8. The van der Waals surface area contributed by atoms with Gasteiger partial charge in [-0.1, -0.05) is 0 Å². The molecule has 1 atom stereocenters. The fraction of sp³-hybridized carbons (Fsp3) is 0.463. The number of carbonyl (C=O) groups is 5. The highest BCUT2D eigenvalue weighted by atomic mass is 32.2. The van der Waals surface area contributed by atoms with Crippen molar-refractivity contribution in [2.75, 3.05) is 140 Å². The third-order valence-electron chi connectivity index (χ3n) is 12.6. The number of benzene rings is 2. The number of ether oxygens (including phenoxy) is 5. The number of hydroxylamine groups is 1. The molecule has 1 unspecified atom stereocenters. The van der Waals surface area contributed by atoms with Crippen molar-refractivity contribution in [3.8, 4) is 11.5 Å². The summed E-state index contributed by atoms with van der Waals surface area (Å²) in [5.74, 6) is -1.65. The van der Waals surface area contributed by atoms with E-state index in [1.165, 1.54) is 14.2 Å². The number of methoxy groups -OCH3 is 2. The van der Waals surface area contributed by atoms with Crippen molar-refractivity contribution in [3.63, 3.8) is 0 Å². The number of thioether (sulfide) groups is 1. The molecule has 2 aromatic carbocycles. The molecule has 0 aliphatic carbocycles. The summed E-state index contributed by atoms with van der Waals surface area (Å²) >= 11 is 1.66. The molecule has 2 saturated heterocycles. The van der Waals surface area contributed by atoms with Crippen molar-refractivity contribution >= 4 is 69.7 Å². The number of amides is 5. The summed E-state index contributed by atoms with van der Waals surface area (Å²) in [5.41, 5.74) is 11.8. The average Bonchev–Trinajstić information content (AvgIpc) is 3.54. The zero-order valence-electron chi connectivity index (χ0n) is 46.3. The van der Waals surface area contributed by atoms with Crippen LogP contribution in [-0.4, -0.2) is 169 Å². The summed E-state index contributed by atoms with van der Waals surface area (Å²) < 4.78 is 31.2.